The van der Waals surface area contributed by atoms with E-state index in [-0.39, 0.29) is 20.4 Å². The summed E-state index contributed by atoms with van der Waals surface area (Å²) in [6, 6.07) is 12.2. The van der Waals surface area contributed by atoms with Gasteiger partial charge in [0, 0.05) is 42.6 Å². The summed E-state index contributed by atoms with van der Waals surface area (Å²) in [5, 5.41) is 25.5. The molecule has 1 aromatic carbocycles. The van der Waals surface area contributed by atoms with Crippen LogP contribution in [-0.2, 0) is 34.7 Å². The predicted molar refractivity (Wildman–Crippen MR) is 107 cm³/mol. The maximum Gasteiger partial charge on any atom is 2.00 e. The first-order valence-corrected chi connectivity index (χ1v) is 9.20. The van der Waals surface area contributed by atoms with Crippen molar-refractivity contribution in [1.29, 1.82) is 0 Å². The standard InChI is InChI=1S/C16H17N5O.2C2H4O2.Pd/c1-3-13(11-14(4-1)20-7-9-22-10-8-20)18-16-17-12-15-5-2-6-21(15)19-16;2*1-2(3)4;/h1-6,11-12H,7-10H2,(H,18,19);2*1H3,(H,3,4);/q;;;+2/p-2. The molecular weight excluding hydrogens is 497 g/mol. The first-order chi connectivity index (χ1) is 14.3. The number of aromatic nitrogens is 3. The zero-order valence-corrected chi connectivity index (χ0v) is 18.6. The second kappa shape index (κ2) is 13.3. The van der Waals surface area contributed by atoms with Gasteiger partial charge in [0.05, 0.1) is 24.9 Å². The minimum Gasteiger partial charge on any atom is -0.550 e. The van der Waals surface area contributed by atoms with Crippen LogP contribution < -0.4 is 20.4 Å². The fraction of sp³-hybridized carbons (Fsp3) is 0.300. The third kappa shape index (κ3) is 9.57. The van der Waals surface area contributed by atoms with Crippen LogP contribution in [0.3, 0.4) is 0 Å². The predicted octanol–water partition coefficient (Wildman–Crippen LogP) is -0.181. The van der Waals surface area contributed by atoms with Crippen LogP contribution in [0.5, 0.6) is 0 Å². The number of hydrogen-bond donors (Lipinski definition) is 1. The number of nitrogens with zero attached hydrogens (tertiary/aromatic N) is 4. The van der Waals surface area contributed by atoms with Crippen molar-refractivity contribution in [2.75, 3.05) is 36.5 Å². The maximum atomic E-state index is 8.89. The maximum absolute atomic E-state index is 8.89. The zero-order valence-electron chi connectivity index (χ0n) is 17.1. The minimum atomic E-state index is -1.08. The molecule has 0 spiro atoms. The van der Waals surface area contributed by atoms with Gasteiger partial charge in [-0.2, -0.15) is 0 Å². The summed E-state index contributed by atoms with van der Waals surface area (Å²) in [4.78, 5) is 24.4. The van der Waals surface area contributed by atoms with Crippen molar-refractivity contribution >= 4 is 34.8 Å². The molecule has 0 saturated carbocycles. The Labute approximate surface area is 193 Å². The zero-order chi connectivity index (χ0) is 21.9. The molecule has 4 rings (SSSR count). The summed E-state index contributed by atoms with van der Waals surface area (Å²) < 4.78 is 7.21. The molecule has 31 heavy (non-hydrogen) atoms. The molecule has 1 aliphatic heterocycles. The van der Waals surface area contributed by atoms with E-state index in [0.717, 1.165) is 51.4 Å². The van der Waals surface area contributed by atoms with E-state index in [9.17, 15) is 0 Å². The Balaban J connectivity index is 0.000000465. The van der Waals surface area contributed by atoms with Crippen molar-refractivity contribution in [3.8, 4) is 0 Å². The molecule has 1 N–H and O–H groups in total. The molecule has 1 saturated heterocycles. The SMILES string of the molecule is CC(=O)[O-].CC(=O)[O-].[Pd+2].c1cc(Nc2ncc3cccn3n2)cc(N2CCOCC2)c1. The van der Waals surface area contributed by atoms with Crippen molar-refractivity contribution in [3.05, 3.63) is 48.8 Å². The summed E-state index contributed by atoms with van der Waals surface area (Å²) >= 11 is 0. The van der Waals surface area contributed by atoms with Crippen LogP contribution >= 0.6 is 0 Å². The van der Waals surface area contributed by atoms with E-state index in [2.05, 4.69) is 32.4 Å². The van der Waals surface area contributed by atoms with E-state index in [1.807, 2.05) is 30.5 Å². The van der Waals surface area contributed by atoms with Crippen LogP contribution in [0.15, 0.2) is 48.8 Å². The fourth-order valence-corrected chi connectivity index (χ4v) is 2.62. The van der Waals surface area contributed by atoms with E-state index in [1.54, 1.807) is 10.7 Å². The molecule has 1 fully saturated rings. The first kappa shape index (κ1) is 26.0. The Kier molecular flexibility index (Phi) is 11.2. The van der Waals surface area contributed by atoms with Gasteiger partial charge in [-0.05, 0) is 44.2 Å². The second-order valence-electron chi connectivity index (χ2n) is 6.22. The third-order valence-corrected chi connectivity index (χ3v) is 3.76. The Morgan fingerprint density at radius 2 is 1.71 bits per heavy atom. The van der Waals surface area contributed by atoms with Gasteiger partial charge in [0.1, 0.15) is 0 Å². The molecule has 0 aliphatic carbocycles. The van der Waals surface area contributed by atoms with Crippen molar-refractivity contribution < 1.29 is 45.0 Å². The molecule has 1 aliphatic rings. The average molecular weight is 520 g/mol. The molecule has 0 atom stereocenters. The molecule has 168 valence electrons. The molecule has 10 nitrogen and oxygen atoms in total. The van der Waals surface area contributed by atoms with Crippen LogP contribution in [0.2, 0.25) is 0 Å². The van der Waals surface area contributed by atoms with Crippen LogP contribution in [-0.4, -0.2) is 52.8 Å². The van der Waals surface area contributed by atoms with Crippen molar-refractivity contribution in [3.63, 3.8) is 0 Å². The first-order valence-electron chi connectivity index (χ1n) is 9.20. The van der Waals surface area contributed by atoms with E-state index in [1.165, 1.54) is 5.69 Å². The normalized spacial score (nSPS) is 12.4. The molecule has 3 aromatic rings. The van der Waals surface area contributed by atoms with Crippen LogP contribution in [0.4, 0.5) is 17.3 Å². The topological polar surface area (TPSA) is 135 Å². The Hall–Kier alpha value is -3.00. The van der Waals surface area contributed by atoms with Gasteiger partial charge in [0.2, 0.25) is 5.95 Å². The van der Waals surface area contributed by atoms with E-state index in [4.69, 9.17) is 24.5 Å². The molecule has 11 heteroatoms. The van der Waals surface area contributed by atoms with Gasteiger partial charge in [-0.15, -0.1) is 5.10 Å². The van der Waals surface area contributed by atoms with E-state index in [0.29, 0.717) is 5.95 Å². The summed E-state index contributed by atoms with van der Waals surface area (Å²) in [6.45, 7) is 5.36. The quantitative estimate of drug-likeness (QED) is 0.467. The number of carbonyl (C=O) groups is 2. The van der Waals surface area contributed by atoms with Crippen molar-refractivity contribution in [1.82, 2.24) is 14.6 Å². The third-order valence-electron chi connectivity index (χ3n) is 3.76. The van der Waals surface area contributed by atoms with Crippen LogP contribution in [0.25, 0.3) is 5.52 Å². The number of hydrogen-bond acceptors (Lipinski definition) is 9. The largest absolute Gasteiger partial charge is 2.00 e. The fourth-order valence-electron chi connectivity index (χ4n) is 2.62. The molecule has 0 unspecified atom stereocenters. The number of anilines is 3. The Morgan fingerprint density at radius 3 is 2.35 bits per heavy atom. The second-order valence-corrected chi connectivity index (χ2v) is 6.22. The van der Waals surface area contributed by atoms with Gasteiger partial charge < -0.3 is 34.8 Å². The number of ether oxygens (including phenoxy) is 1. The number of nitrogens with one attached hydrogen (secondary N) is 1. The van der Waals surface area contributed by atoms with Crippen molar-refractivity contribution in [2.24, 2.45) is 0 Å². The van der Waals surface area contributed by atoms with Gasteiger partial charge >= 0.3 is 20.4 Å². The van der Waals surface area contributed by atoms with Gasteiger partial charge in [-0.1, -0.05) is 6.07 Å². The molecule has 0 bridgehead atoms. The monoisotopic (exact) mass is 519 g/mol. The molecule has 2 aromatic heterocycles. The number of aliphatic carboxylic acids is 2. The van der Waals surface area contributed by atoms with E-state index < -0.39 is 11.9 Å². The summed E-state index contributed by atoms with van der Waals surface area (Å²) in [5.41, 5.74) is 3.15. The van der Waals surface area contributed by atoms with Gasteiger partial charge in [0.25, 0.3) is 0 Å². The molecule has 3 heterocycles. The summed E-state index contributed by atoms with van der Waals surface area (Å²) in [7, 11) is 0. The van der Waals surface area contributed by atoms with Gasteiger partial charge in [-0.3, -0.25) is 0 Å². The number of rotatable bonds is 3. The molecule has 0 radical (unpaired) electrons. The number of morpholine rings is 1. The smallest absolute Gasteiger partial charge is 0.550 e. The molecule has 0 amide bonds. The number of carbonyl (C=O) groups excluding carboxylic acids is 2. The number of carboxylic acids is 2. The minimum absolute atomic E-state index is 0. The van der Waals surface area contributed by atoms with E-state index >= 15 is 0 Å². The molecular formula is C20H23N5O5Pd. The summed E-state index contributed by atoms with van der Waals surface area (Å²) in [6.07, 6.45) is 3.72. The Bertz CT molecular complexity index is 955. The van der Waals surface area contributed by atoms with Crippen LogP contribution in [0, 0.1) is 0 Å². The number of fused-ring (bicyclic) bond motifs is 1. The number of carboxylic acid groups (broad SMARTS) is 2. The van der Waals surface area contributed by atoms with Gasteiger partial charge in [0.15, 0.2) is 0 Å². The summed E-state index contributed by atoms with van der Waals surface area (Å²) in [5.74, 6) is -1.58. The Morgan fingerprint density at radius 1 is 1.06 bits per heavy atom. The average Bonchev–Trinajstić information content (AvgIpc) is 3.16. The van der Waals surface area contributed by atoms with Gasteiger partial charge in [-0.25, -0.2) is 9.50 Å². The van der Waals surface area contributed by atoms with Crippen molar-refractivity contribution in [2.45, 2.75) is 13.8 Å². The number of benzene rings is 1. The van der Waals surface area contributed by atoms with Crippen LogP contribution in [0.1, 0.15) is 13.8 Å².